The topological polar surface area (TPSA) is 76.2 Å². The van der Waals surface area contributed by atoms with Gasteiger partial charge in [-0.15, -0.1) is 0 Å². The van der Waals surface area contributed by atoms with Gasteiger partial charge in [0.05, 0.1) is 5.41 Å². The van der Waals surface area contributed by atoms with Crippen molar-refractivity contribution in [3.8, 4) is 0 Å². The zero-order valence-electron chi connectivity index (χ0n) is 9.28. The summed E-state index contributed by atoms with van der Waals surface area (Å²) in [4.78, 5) is 15.2. The lowest BCUT2D eigenvalue weighted by molar-refractivity contribution is -0.149. The van der Waals surface area contributed by atoms with Crippen LogP contribution in [0.15, 0.2) is 4.52 Å². The summed E-state index contributed by atoms with van der Waals surface area (Å²) >= 11 is 0. The Morgan fingerprint density at radius 3 is 2.40 bits per heavy atom. The van der Waals surface area contributed by atoms with E-state index in [1.807, 2.05) is 13.8 Å². The Hall–Kier alpha value is -1.39. The smallest absolute Gasteiger partial charge is 0.310 e. The molecule has 0 aliphatic heterocycles. The van der Waals surface area contributed by atoms with Gasteiger partial charge < -0.3 is 9.63 Å². The Bertz CT molecular complexity index is 342. The molecule has 0 bridgehead atoms. The zero-order chi connectivity index (χ0) is 11.5. The lowest BCUT2D eigenvalue weighted by Gasteiger charge is -2.24. The maximum Gasteiger partial charge on any atom is 0.310 e. The van der Waals surface area contributed by atoms with Crippen LogP contribution in [0.5, 0.6) is 0 Å². The number of hydrogen-bond acceptors (Lipinski definition) is 4. The summed E-state index contributed by atoms with van der Waals surface area (Å²) in [5.74, 6) is 0.137. The number of carboxylic acid groups (broad SMARTS) is 1. The van der Waals surface area contributed by atoms with E-state index in [9.17, 15) is 9.90 Å². The molecule has 1 rings (SSSR count). The first-order valence-corrected chi connectivity index (χ1v) is 5.06. The van der Waals surface area contributed by atoms with Crippen molar-refractivity contribution in [2.45, 2.75) is 40.0 Å². The molecule has 5 nitrogen and oxygen atoms in total. The van der Waals surface area contributed by atoms with Gasteiger partial charge in [-0.25, -0.2) is 0 Å². The summed E-state index contributed by atoms with van der Waals surface area (Å²) in [7, 11) is 0. The molecule has 1 aromatic heterocycles. The predicted octanol–water partition coefficient (Wildman–Crippen LogP) is 1.81. The quantitative estimate of drug-likeness (QED) is 0.805. The van der Waals surface area contributed by atoms with Crippen molar-refractivity contribution >= 4 is 5.97 Å². The van der Waals surface area contributed by atoms with E-state index in [2.05, 4.69) is 10.1 Å². The van der Waals surface area contributed by atoms with Gasteiger partial charge in [0, 0.05) is 6.42 Å². The molecule has 0 fully saturated rings. The Kier molecular flexibility index (Phi) is 3.44. The van der Waals surface area contributed by atoms with Gasteiger partial charge in [-0.05, 0) is 19.8 Å². The number of aryl methyl sites for hydroxylation is 1. The highest BCUT2D eigenvalue weighted by Crippen LogP contribution is 2.30. The molecule has 0 saturated carbocycles. The second kappa shape index (κ2) is 4.42. The molecule has 1 N–H and O–H groups in total. The molecule has 0 unspecified atom stereocenters. The molecular weight excluding hydrogens is 196 g/mol. The van der Waals surface area contributed by atoms with E-state index in [1.54, 1.807) is 6.92 Å². The van der Waals surface area contributed by atoms with Gasteiger partial charge in [-0.3, -0.25) is 4.79 Å². The zero-order valence-corrected chi connectivity index (χ0v) is 9.28. The van der Waals surface area contributed by atoms with Crippen LogP contribution >= 0.6 is 0 Å². The van der Waals surface area contributed by atoms with Gasteiger partial charge in [0.25, 0.3) is 0 Å². The summed E-state index contributed by atoms with van der Waals surface area (Å²) in [6, 6.07) is 0. The molecule has 0 aliphatic carbocycles. The van der Waals surface area contributed by atoms with Gasteiger partial charge in [-0.1, -0.05) is 19.0 Å². The van der Waals surface area contributed by atoms with Gasteiger partial charge in [-0.2, -0.15) is 4.98 Å². The fraction of sp³-hybridized carbons (Fsp3) is 0.700. The summed E-state index contributed by atoms with van der Waals surface area (Å²) in [5.41, 5.74) is -0.779. The third-order valence-electron chi connectivity index (χ3n) is 2.87. The van der Waals surface area contributed by atoms with Crippen LogP contribution in [0.3, 0.4) is 0 Å². The average Bonchev–Trinajstić information content (AvgIpc) is 2.60. The van der Waals surface area contributed by atoms with Gasteiger partial charge in [0.2, 0.25) is 5.89 Å². The van der Waals surface area contributed by atoms with Gasteiger partial charge in [0.1, 0.15) is 0 Å². The molecular formula is C10H16N2O3. The summed E-state index contributed by atoms with van der Waals surface area (Å²) in [6.45, 7) is 5.44. The second-order valence-electron chi connectivity index (χ2n) is 3.70. The van der Waals surface area contributed by atoms with Crippen molar-refractivity contribution < 1.29 is 14.4 Å². The number of nitrogens with zero attached hydrogens (tertiary/aromatic N) is 2. The summed E-state index contributed by atoms with van der Waals surface area (Å²) in [5, 5.41) is 12.9. The molecule has 0 spiro atoms. The van der Waals surface area contributed by atoms with E-state index < -0.39 is 11.4 Å². The van der Waals surface area contributed by atoms with E-state index in [0.717, 1.165) is 0 Å². The Labute approximate surface area is 88.5 Å². The minimum Gasteiger partial charge on any atom is -0.481 e. The molecule has 15 heavy (non-hydrogen) atoms. The fourth-order valence-electron chi connectivity index (χ4n) is 1.58. The first-order valence-electron chi connectivity index (χ1n) is 5.06. The van der Waals surface area contributed by atoms with Crippen LogP contribution in [0.1, 0.15) is 38.4 Å². The van der Waals surface area contributed by atoms with Crippen LogP contribution in [0.4, 0.5) is 0 Å². The fourth-order valence-corrected chi connectivity index (χ4v) is 1.58. The van der Waals surface area contributed by atoms with E-state index in [4.69, 9.17) is 4.52 Å². The number of aliphatic carboxylic acids is 1. The molecule has 0 aliphatic rings. The molecule has 1 aromatic rings. The van der Waals surface area contributed by atoms with E-state index >= 15 is 0 Å². The first kappa shape index (κ1) is 11.7. The van der Waals surface area contributed by atoms with Crippen molar-refractivity contribution in [3.05, 3.63) is 11.7 Å². The van der Waals surface area contributed by atoms with Crippen molar-refractivity contribution in [3.63, 3.8) is 0 Å². The van der Waals surface area contributed by atoms with Crippen LogP contribution in [0, 0.1) is 12.3 Å². The maximum absolute atomic E-state index is 11.2. The van der Waals surface area contributed by atoms with Crippen LogP contribution in [0.2, 0.25) is 0 Å². The van der Waals surface area contributed by atoms with Crippen LogP contribution in [0.25, 0.3) is 0 Å². The van der Waals surface area contributed by atoms with Crippen LogP contribution in [-0.4, -0.2) is 21.2 Å². The highest BCUT2D eigenvalue weighted by atomic mass is 16.5. The second-order valence-corrected chi connectivity index (χ2v) is 3.70. The van der Waals surface area contributed by atoms with E-state index in [-0.39, 0.29) is 0 Å². The maximum atomic E-state index is 11.2. The van der Waals surface area contributed by atoms with Crippen LogP contribution < -0.4 is 0 Å². The van der Waals surface area contributed by atoms with E-state index in [0.29, 0.717) is 31.0 Å². The lowest BCUT2D eigenvalue weighted by atomic mass is 9.79. The Morgan fingerprint density at radius 1 is 1.47 bits per heavy atom. The number of carboxylic acids is 1. The third-order valence-corrected chi connectivity index (χ3v) is 2.87. The van der Waals surface area contributed by atoms with Crippen molar-refractivity contribution in [2.24, 2.45) is 5.41 Å². The normalized spacial score (nSPS) is 11.7. The highest BCUT2D eigenvalue weighted by Gasteiger charge is 2.36. The standard InChI is InChI=1S/C10H16N2O3/c1-4-10(5-2,9(13)14)6-8-11-7(3)12-15-8/h4-6H2,1-3H3,(H,13,14). The number of aromatic nitrogens is 2. The monoisotopic (exact) mass is 212 g/mol. The molecule has 0 atom stereocenters. The number of hydrogen-bond donors (Lipinski definition) is 1. The number of carbonyl (C=O) groups is 1. The third kappa shape index (κ3) is 2.34. The highest BCUT2D eigenvalue weighted by molar-refractivity contribution is 5.74. The summed E-state index contributed by atoms with van der Waals surface area (Å²) in [6.07, 6.45) is 1.41. The molecule has 0 amide bonds. The van der Waals surface area contributed by atoms with Crippen molar-refractivity contribution in [1.29, 1.82) is 0 Å². The largest absolute Gasteiger partial charge is 0.481 e. The van der Waals surface area contributed by atoms with E-state index in [1.165, 1.54) is 0 Å². The Balaban J connectivity index is 2.88. The first-order chi connectivity index (χ1) is 7.04. The summed E-state index contributed by atoms with van der Waals surface area (Å²) < 4.78 is 4.95. The molecule has 0 saturated heterocycles. The molecule has 84 valence electrons. The molecule has 0 aromatic carbocycles. The average molecular weight is 212 g/mol. The Morgan fingerprint density at radius 2 is 2.07 bits per heavy atom. The minimum atomic E-state index is -0.802. The predicted molar refractivity (Wildman–Crippen MR) is 53.4 cm³/mol. The molecule has 5 heteroatoms. The molecule has 1 heterocycles. The molecule has 0 radical (unpaired) electrons. The van der Waals surface area contributed by atoms with Gasteiger partial charge in [0.15, 0.2) is 5.82 Å². The van der Waals surface area contributed by atoms with Gasteiger partial charge >= 0.3 is 5.97 Å². The lowest BCUT2D eigenvalue weighted by Crippen LogP contribution is -2.32. The van der Waals surface area contributed by atoms with Crippen LogP contribution in [-0.2, 0) is 11.2 Å². The minimum absolute atomic E-state index is 0.302. The van der Waals surface area contributed by atoms with Crippen molar-refractivity contribution in [2.75, 3.05) is 0 Å². The van der Waals surface area contributed by atoms with Crippen molar-refractivity contribution in [1.82, 2.24) is 10.1 Å². The number of rotatable bonds is 5. The SMILES string of the molecule is CCC(CC)(Cc1nc(C)no1)C(=O)O.